The van der Waals surface area contributed by atoms with Gasteiger partial charge in [-0.05, 0) is 12.8 Å². The van der Waals surface area contributed by atoms with Gasteiger partial charge in [-0.2, -0.15) is 22.7 Å². The summed E-state index contributed by atoms with van der Waals surface area (Å²) in [4.78, 5) is 0. The Bertz CT molecular complexity index is 304. The Morgan fingerprint density at radius 1 is 1.40 bits per heavy atom. The van der Waals surface area contributed by atoms with Gasteiger partial charge in [-0.25, -0.2) is 0 Å². The molecule has 0 saturated heterocycles. The highest BCUT2D eigenvalue weighted by Gasteiger charge is 2.19. The van der Waals surface area contributed by atoms with Gasteiger partial charge in [0.15, 0.2) is 0 Å². The fourth-order valence-corrected chi connectivity index (χ4v) is 2.35. The van der Waals surface area contributed by atoms with Crippen LogP contribution in [0.4, 0.5) is 0 Å². The van der Waals surface area contributed by atoms with Crippen LogP contribution < -0.4 is 4.72 Å². The second-order valence-electron chi connectivity index (χ2n) is 3.37. The number of nitriles is 1. The van der Waals surface area contributed by atoms with Crippen LogP contribution in [-0.4, -0.2) is 32.4 Å². The minimum Gasteiger partial charge on any atom is -0.199 e. The summed E-state index contributed by atoms with van der Waals surface area (Å²) < 4.78 is 27.1. The van der Waals surface area contributed by atoms with Crippen molar-refractivity contribution in [3.05, 3.63) is 0 Å². The van der Waals surface area contributed by atoms with Crippen LogP contribution in [0.2, 0.25) is 0 Å². The van der Waals surface area contributed by atoms with Crippen molar-refractivity contribution in [1.82, 2.24) is 9.03 Å². The molecule has 88 valence electrons. The fraction of sp³-hybridized carbons (Fsp3) is 0.889. The molecule has 6 heteroatoms. The Labute approximate surface area is 92.3 Å². The molecule has 0 fully saturated rings. The van der Waals surface area contributed by atoms with Crippen LogP contribution in [0.5, 0.6) is 0 Å². The quantitative estimate of drug-likeness (QED) is 0.708. The lowest BCUT2D eigenvalue weighted by Crippen LogP contribution is -2.43. The minimum atomic E-state index is -3.42. The third kappa shape index (κ3) is 5.11. The van der Waals surface area contributed by atoms with Gasteiger partial charge in [0.05, 0.1) is 6.07 Å². The van der Waals surface area contributed by atoms with Gasteiger partial charge < -0.3 is 0 Å². The molecule has 0 spiro atoms. The standard InChI is InChI=1S/C9H19N3O2S/c1-4-9(5-2)11-15(13,14)12(3)8-6-7-10/h9,11H,4-6,8H2,1-3H3. The highest BCUT2D eigenvalue weighted by atomic mass is 32.2. The average molecular weight is 233 g/mol. The van der Waals surface area contributed by atoms with Crippen molar-refractivity contribution < 1.29 is 8.42 Å². The van der Waals surface area contributed by atoms with Gasteiger partial charge in [0.2, 0.25) is 0 Å². The predicted molar refractivity (Wildman–Crippen MR) is 59.3 cm³/mol. The van der Waals surface area contributed by atoms with E-state index in [1.807, 2.05) is 19.9 Å². The zero-order chi connectivity index (χ0) is 11.9. The van der Waals surface area contributed by atoms with Gasteiger partial charge in [0.25, 0.3) is 10.2 Å². The van der Waals surface area contributed by atoms with Crippen molar-refractivity contribution in [3.63, 3.8) is 0 Å². The van der Waals surface area contributed by atoms with Crippen LogP contribution in [0.15, 0.2) is 0 Å². The van der Waals surface area contributed by atoms with Gasteiger partial charge in [0, 0.05) is 26.1 Å². The molecule has 0 amide bonds. The maximum Gasteiger partial charge on any atom is 0.279 e. The summed E-state index contributed by atoms with van der Waals surface area (Å²) in [6.45, 7) is 4.10. The summed E-state index contributed by atoms with van der Waals surface area (Å²) >= 11 is 0. The maximum atomic E-state index is 11.7. The van der Waals surface area contributed by atoms with Gasteiger partial charge in [0.1, 0.15) is 0 Å². The van der Waals surface area contributed by atoms with Crippen LogP contribution in [0.3, 0.4) is 0 Å². The van der Waals surface area contributed by atoms with Crippen molar-refractivity contribution >= 4 is 10.2 Å². The number of nitrogens with one attached hydrogen (secondary N) is 1. The molecule has 0 heterocycles. The largest absolute Gasteiger partial charge is 0.279 e. The third-order valence-electron chi connectivity index (χ3n) is 2.25. The first-order valence-corrected chi connectivity index (χ1v) is 6.52. The molecular formula is C9H19N3O2S. The molecule has 0 unspecified atom stereocenters. The summed E-state index contributed by atoms with van der Waals surface area (Å²) in [5, 5.41) is 8.36. The average Bonchev–Trinajstić information content (AvgIpc) is 2.22. The molecule has 0 radical (unpaired) electrons. The molecule has 15 heavy (non-hydrogen) atoms. The van der Waals surface area contributed by atoms with Crippen molar-refractivity contribution in [2.24, 2.45) is 0 Å². The van der Waals surface area contributed by atoms with Gasteiger partial charge in [-0.15, -0.1) is 0 Å². The summed E-state index contributed by atoms with van der Waals surface area (Å²) in [5.74, 6) is 0. The molecule has 0 aromatic carbocycles. The van der Waals surface area contributed by atoms with Crippen molar-refractivity contribution in [3.8, 4) is 6.07 Å². The number of hydrogen-bond acceptors (Lipinski definition) is 3. The molecule has 5 nitrogen and oxygen atoms in total. The first kappa shape index (κ1) is 14.4. The van der Waals surface area contributed by atoms with Gasteiger partial charge in [-0.1, -0.05) is 13.8 Å². The topological polar surface area (TPSA) is 73.2 Å². The summed E-state index contributed by atoms with van der Waals surface area (Å²) in [6, 6.07) is 1.89. The van der Waals surface area contributed by atoms with E-state index in [1.54, 1.807) is 0 Å². The molecular weight excluding hydrogens is 214 g/mol. The van der Waals surface area contributed by atoms with Crippen molar-refractivity contribution in [1.29, 1.82) is 5.26 Å². The molecule has 0 aliphatic heterocycles. The lowest BCUT2D eigenvalue weighted by molar-refractivity contribution is 0.445. The van der Waals surface area contributed by atoms with Crippen LogP contribution in [0.1, 0.15) is 33.1 Å². The SMILES string of the molecule is CCC(CC)NS(=O)(=O)N(C)CCC#N. The number of hydrogen-bond donors (Lipinski definition) is 1. The van der Waals surface area contributed by atoms with E-state index < -0.39 is 10.2 Å². The molecule has 0 bridgehead atoms. The molecule has 0 atom stereocenters. The molecule has 0 rings (SSSR count). The summed E-state index contributed by atoms with van der Waals surface area (Å²) in [5.41, 5.74) is 0. The number of rotatable bonds is 7. The molecule has 0 aromatic rings. The molecule has 0 saturated carbocycles. The zero-order valence-corrected chi connectivity index (χ0v) is 10.3. The van der Waals surface area contributed by atoms with Crippen LogP contribution in [0.25, 0.3) is 0 Å². The Balaban J connectivity index is 4.35. The lowest BCUT2D eigenvalue weighted by atomic mass is 10.2. The Hall–Kier alpha value is -0.640. The van der Waals surface area contributed by atoms with E-state index in [-0.39, 0.29) is 19.0 Å². The van der Waals surface area contributed by atoms with E-state index in [1.165, 1.54) is 11.4 Å². The molecule has 0 aliphatic carbocycles. The Kier molecular flexibility index (Phi) is 6.48. The molecule has 0 aliphatic rings. The van der Waals surface area contributed by atoms with E-state index in [0.717, 1.165) is 12.8 Å². The van der Waals surface area contributed by atoms with Gasteiger partial charge in [-0.3, -0.25) is 0 Å². The Morgan fingerprint density at radius 2 is 1.93 bits per heavy atom. The van der Waals surface area contributed by atoms with Crippen molar-refractivity contribution in [2.45, 2.75) is 39.2 Å². The Morgan fingerprint density at radius 3 is 2.33 bits per heavy atom. The maximum absolute atomic E-state index is 11.7. The van der Waals surface area contributed by atoms with E-state index >= 15 is 0 Å². The van der Waals surface area contributed by atoms with E-state index in [9.17, 15) is 8.42 Å². The monoisotopic (exact) mass is 233 g/mol. The van der Waals surface area contributed by atoms with E-state index in [2.05, 4.69) is 4.72 Å². The van der Waals surface area contributed by atoms with Crippen molar-refractivity contribution in [2.75, 3.05) is 13.6 Å². The fourth-order valence-electron chi connectivity index (χ4n) is 1.08. The van der Waals surface area contributed by atoms with Crippen LogP contribution in [0, 0.1) is 11.3 Å². The van der Waals surface area contributed by atoms with E-state index in [0.29, 0.717) is 0 Å². The smallest absolute Gasteiger partial charge is 0.199 e. The normalized spacial score (nSPS) is 12.0. The van der Waals surface area contributed by atoms with E-state index in [4.69, 9.17) is 5.26 Å². The highest BCUT2D eigenvalue weighted by Crippen LogP contribution is 2.02. The summed E-state index contributed by atoms with van der Waals surface area (Å²) in [6.07, 6.45) is 1.74. The molecule has 0 aromatic heterocycles. The zero-order valence-electron chi connectivity index (χ0n) is 9.52. The first-order chi connectivity index (χ1) is 6.97. The van der Waals surface area contributed by atoms with Crippen LogP contribution >= 0.6 is 0 Å². The minimum absolute atomic E-state index is 0.0282. The van der Waals surface area contributed by atoms with Crippen LogP contribution in [-0.2, 0) is 10.2 Å². The second-order valence-corrected chi connectivity index (χ2v) is 5.18. The summed E-state index contributed by atoms with van der Waals surface area (Å²) in [7, 11) is -1.95. The van der Waals surface area contributed by atoms with Gasteiger partial charge >= 0.3 is 0 Å². The second kappa shape index (κ2) is 6.77. The molecule has 1 N–H and O–H groups in total. The number of nitrogens with zero attached hydrogens (tertiary/aromatic N) is 2. The lowest BCUT2D eigenvalue weighted by Gasteiger charge is -2.20. The predicted octanol–water partition coefficient (Wildman–Crippen LogP) is 0.855. The highest BCUT2D eigenvalue weighted by molar-refractivity contribution is 7.87. The third-order valence-corrected chi connectivity index (χ3v) is 3.88. The first-order valence-electron chi connectivity index (χ1n) is 5.08.